The molecule has 0 heterocycles. The number of carbonyl (C=O) groups excluding carboxylic acids is 3. The van der Waals surface area contributed by atoms with Gasteiger partial charge in [0.25, 0.3) is 5.91 Å². The van der Waals surface area contributed by atoms with Crippen molar-refractivity contribution in [1.29, 1.82) is 0 Å². The van der Waals surface area contributed by atoms with Gasteiger partial charge in [0, 0.05) is 12.0 Å². The van der Waals surface area contributed by atoms with Gasteiger partial charge in [0.2, 0.25) is 0 Å². The van der Waals surface area contributed by atoms with Crippen molar-refractivity contribution in [3.63, 3.8) is 0 Å². The normalized spacial score (nSPS) is 12.1. The number of esters is 1. The lowest BCUT2D eigenvalue weighted by atomic mass is 10.1. The smallest absolute Gasteiger partial charge is 0.418 e. The van der Waals surface area contributed by atoms with Gasteiger partial charge in [-0.05, 0) is 19.1 Å². The lowest BCUT2D eigenvalue weighted by molar-refractivity contribution is -0.153. The van der Waals surface area contributed by atoms with Crippen LogP contribution in [0, 0.1) is 0 Å². The Morgan fingerprint density at radius 2 is 1.57 bits per heavy atom. The van der Waals surface area contributed by atoms with Crippen LogP contribution in [0.4, 0.5) is 18.9 Å². The van der Waals surface area contributed by atoms with Crippen molar-refractivity contribution in [2.24, 2.45) is 0 Å². The number of amides is 1. The average molecular weight is 393 g/mol. The molecule has 0 aliphatic carbocycles. The van der Waals surface area contributed by atoms with Crippen LogP contribution in [0.1, 0.15) is 35.7 Å². The SMILES string of the molecule is CC(OC(=O)CCC(=O)c1ccccc1)C(=O)Nc1ccccc1C(F)(F)F. The standard InChI is InChI=1S/C20H18F3NO4/c1-13(19(27)24-16-10-6-5-9-15(16)20(21,22)23)28-18(26)12-11-17(25)14-7-3-2-4-8-14/h2-10,13H,11-12H2,1H3,(H,24,27). The minimum Gasteiger partial charge on any atom is -0.453 e. The van der Waals surface area contributed by atoms with Crippen LogP contribution in [0.25, 0.3) is 0 Å². The quantitative estimate of drug-likeness (QED) is 0.564. The van der Waals surface area contributed by atoms with E-state index in [0.717, 1.165) is 12.1 Å². The second-order valence-electron chi connectivity index (χ2n) is 5.95. The summed E-state index contributed by atoms with van der Waals surface area (Å²) in [5.74, 6) is -1.95. The van der Waals surface area contributed by atoms with Crippen LogP contribution in [0.15, 0.2) is 54.6 Å². The Morgan fingerprint density at radius 1 is 0.964 bits per heavy atom. The number of hydrogen-bond donors (Lipinski definition) is 1. The molecule has 1 unspecified atom stereocenters. The first-order chi connectivity index (χ1) is 13.2. The maximum Gasteiger partial charge on any atom is 0.418 e. The number of rotatable bonds is 7. The van der Waals surface area contributed by atoms with Gasteiger partial charge < -0.3 is 10.1 Å². The Labute approximate surface area is 159 Å². The highest BCUT2D eigenvalue weighted by Crippen LogP contribution is 2.34. The maximum absolute atomic E-state index is 13.0. The summed E-state index contributed by atoms with van der Waals surface area (Å²) in [7, 11) is 0. The van der Waals surface area contributed by atoms with Crippen molar-refractivity contribution in [2.45, 2.75) is 32.0 Å². The van der Waals surface area contributed by atoms with Gasteiger partial charge in [-0.2, -0.15) is 13.2 Å². The second-order valence-corrected chi connectivity index (χ2v) is 5.95. The minimum absolute atomic E-state index is 0.103. The van der Waals surface area contributed by atoms with E-state index in [9.17, 15) is 27.6 Å². The molecule has 0 fully saturated rings. The van der Waals surface area contributed by atoms with Gasteiger partial charge in [0.05, 0.1) is 17.7 Å². The Hall–Kier alpha value is -3.16. The molecule has 0 saturated carbocycles. The Bertz CT molecular complexity index is 850. The third-order valence-electron chi connectivity index (χ3n) is 3.82. The van der Waals surface area contributed by atoms with E-state index in [2.05, 4.69) is 5.32 Å². The number of benzene rings is 2. The molecule has 1 amide bonds. The van der Waals surface area contributed by atoms with Gasteiger partial charge in [0.15, 0.2) is 11.9 Å². The van der Waals surface area contributed by atoms with Crippen molar-refractivity contribution in [1.82, 2.24) is 0 Å². The number of carbonyl (C=O) groups is 3. The number of nitrogens with one attached hydrogen (secondary N) is 1. The van der Waals surface area contributed by atoms with Crippen molar-refractivity contribution in [3.8, 4) is 0 Å². The number of ether oxygens (including phenoxy) is 1. The summed E-state index contributed by atoms with van der Waals surface area (Å²) in [4.78, 5) is 35.8. The van der Waals surface area contributed by atoms with Crippen LogP contribution in [-0.2, 0) is 20.5 Å². The number of hydrogen-bond acceptors (Lipinski definition) is 4. The minimum atomic E-state index is -4.64. The lowest BCUT2D eigenvalue weighted by Crippen LogP contribution is -2.30. The fourth-order valence-electron chi connectivity index (χ4n) is 2.37. The molecule has 0 spiro atoms. The molecule has 5 nitrogen and oxygen atoms in total. The number of ketones is 1. The Kier molecular flexibility index (Phi) is 6.92. The predicted octanol–water partition coefficient (Wildman–Crippen LogP) is 4.24. The molecule has 0 bridgehead atoms. The first-order valence-corrected chi connectivity index (χ1v) is 8.43. The highest BCUT2D eigenvalue weighted by molar-refractivity contribution is 5.98. The van der Waals surface area contributed by atoms with E-state index in [4.69, 9.17) is 4.74 Å². The molecule has 0 aliphatic rings. The molecule has 148 valence electrons. The van der Waals surface area contributed by atoms with Gasteiger partial charge >= 0.3 is 12.1 Å². The van der Waals surface area contributed by atoms with Gasteiger partial charge in [-0.1, -0.05) is 42.5 Å². The molecule has 0 aliphatic heterocycles. The summed E-state index contributed by atoms with van der Waals surface area (Å²) >= 11 is 0. The first-order valence-electron chi connectivity index (χ1n) is 8.43. The number of anilines is 1. The zero-order chi connectivity index (χ0) is 20.7. The molecule has 0 radical (unpaired) electrons. The fraction of sp³-hybridized carbons (Fsp3) is 0.250. The zero-order valence-electron chi connectivity index (χ0n) is 15.0. The summed E-state index contributed by atoms with van der Waals surface area (Å²) in [6.07, 6.45) is -6.30. The molecule has 2 aromatic carbocycles. The zero-order valence-corrected chi connectivity index (χ0v) is 15.0. The van der Waals surface area contributed by atoms with Crippen LogP contribution in [-0.4, -0.2) is 23.8 Å². The van der Waals surface area contributed by atoms with E-state index in [-0.39, 0.29) is 18.6 Å². The molecular formula is C20H18F3NO4. The molecule has 8 heteroatoms. The van der Waals surface area contributed by atoms with Gasteiger partial charge in [-0.25, -0.2) is 0 Å². The van der Waals surface area contributed by atoms with Gasteiger partial charge in [-0.3, -0.25) is 14.4 Å². The molecule has 0 aromatic heterocycles. The van der Waals surface area contributed by atoms with Gasteiger partial charge in [0.1, 0.15) is 0 Å². The summed E-state index contributed by atoms with van der Waals surface area (Å²) < 4.78 is 43.8. The highest BCUT2D eigenvalue weighted by Gasteiger charge is 2.34. The molecule has 1 N–H and O–H groups in total. The third-order valence-corrected chi connectivity index (χ3v) is 3.82. The molecule has 0 saturated heterocycles. The third kappa shape index (κ3) is 5.94. The van der Waals surface area contributed by atoms with E-state index < -0.39 is 35.4 Å². The predicted molar refractivity (Wildman–Crippen MR) is 95.6 cm³/mol. The molecule has 28 heavy (non-hydrogen) atoms. The molecule has 1 atom stereocenters. The Morgan fingerprint density at radius 3 is 2.21 bits per heavy atom. The number of Topliss-reactive ketones (excluding diaryl/α,β-unsaturated/α-hetero) is 1. The fourth-order valence-corrected chi connectivity index (χ4v) is 2.37. The number of para-hydroxylation sites is 1. The summed E-state index contributed by atoms with van der Waals surface area (Å²) in [5.41, 5.74) is -0.984. The average Bonchev–Trinajstić information content (AvgIpc) is 2.66. The number of halogens is 3. The summed E-state index contributed by atoms with van der Waals surface area (Å²) in [6, 6.07) is 12.8. The topological polar surface area (TPSA) is 72.5 Å². The van der Waals surface area contributed by atoms with E-state index in [0.29, 0.717) is 5.56 Å². The van der Waals surface area contributed by atoms with Crippen LogP contribution in [0.2, 0.25) is 0 Å². The van der Waals surface area contributed by atoms with E-state index in [1.54, 1.807) is 30.3 Å². The van der Waals surface area contributed by atoms with Crippen molar-refractivity contribution < 1.29 is 32.3 Å². The van der Waals surface area contributed by atoms with Crippen LogP contribution >= 0.6 is 0 Å². The molecular weight excluding hydrogens is 375 g/mol. The van der Waals surface area contributed by atoms with Crippen molar-refractivity contribution in [3.05, 3.63) is 65.7 Å². The second kappa shape index (κ2) is 9.16. The van der Waals surface area contributed by atoms with Gasteiger partial charge in [-0.15, -0.1) is 0 Å². The van der Waals surface area contributed by atoms with E-state index in [1.807, 2.05) is 0 Å². The molecule has 2 aromatic rings. The summed E-state index contributed by atoms with van der Waals surface area (Å²) in [6.45, 7) is 1.24. The van der Waals surface area contributed by atoms with Crippen molar-refractivity contribution in [2.75, 3.05) is 5.32 Å². The van der Waals surface area contributed by atoms with E-state index in [1.165, 1.54) is 19.1 Å². The molecule has 2 rings (SSSR count). The summed E-state index contributed by atoms with van der Waals surface area (Å²) in [5, 5.41) is 2.11. The Balaban J connectivity index is 1.89. The lowest BCUT2D eigenvalue weighted by Gasteiger charge is -2.16. The largest absolute Gasteiger partial charge is 0.453 e. The van der Waals surface area contributed by atoms with Crippen LogP contribution in [0.5, 0.6) is 0 Å². The number of alkyl halides is 3. The van der Waals surface area contributed by atoms with E-state index >= 15 is 0 Å². The monoisotopic (exact) mass is 393 g/mol. The van der Waals surface area contributed by atoms with Crippen LogP contribution in [0.3, 0.4) is 0 Å². The maximum atomic E-state index is 13.0. The van der Waals surface area contributed by atoms with Crippen molar-refractivity contribution >= 4 is 23.3 Å². The highest BCUT2D eigenvalue weighted by atomic mass is 19.4. The first kappa shape index (κ1) is 21.1. The van der Waals surface area contributed by atoms with Crippen LogP contribution < -0.4 is 5.32 Å².